The summed E-state index contributed by atoms with van der Waals surface area (Å²) in [6.45, 7) is 0. The molecule has 0 aromatic heterocycles. The van der Waals surface area contributed by atoms with Gasteiger partial charge in [0.15, 0.2) is 0 Å². The fourth-order valence-electron chi connectivity index (χ4n) is 1.09. The third-order valence-electron chi connectivity index (χ3n) is 1.80. The van der Waals surface area contributed by atoms with Crippen LogP contribution >= 0.6 is 0 Å². The molecule has 54 valence electrons. The summed E-state index contributed by atoms with van der Waals surface area (Å²) in [4.78, 5) is 0. The standard InChI is InChI=1S/C5H12N2O2/c6-2-1-3(8)5(9)4(2)7/h2-5,8-9H,1,6-7H2/t2-,3-,4+,5-/m0/s1. The highest BCUT2D eigenvalue weighted by Crippen LogP contribution is 2.16. The van der Waals surface area contributed by atoms with Gasteiger partial charge < -0.3 is 21.7 Å². The molecule has 4 atom stereocenters. The van der Waals surface area contributed by atoms with Gasteiger partial charge in [-0.05, 0) is 6.42 Å². The van der Waals surface area contributed by atoms with Gasteiger partial charge in [-0.2, -0.15) is 0 Å². The second-order valence-corrected chi connectivity index (χ2v) is 2.53. The second-order valence-electron chi connectivity index (χ2n) is 2.53. The lowest BCUT2D eigenvalue weighted by Crippen LogP contribution is -2.43. The summed E-state index contributed by atoms with van der Waals surface area (Å²) < 4.78 is 0. The summed E-state index contributed by atoms with van der Waals surface area (Å²) in [7, 11) is 0. The van der Waals surface area contributed by atoms with E-state index in [0.29, 0.717) is 6.42 Å². The average Bonchev–Trinajstić information content (AvgIpc) is 1.98. The fourth-order valence-corrected chi connectivity index (χ4v) is 1.09. The average molecular weight is 132 g/mol. The molecule has 4 nitrogen and oxygen atoms in total. The van der Waals surface area contributed by atoms with Gasteiger partial charge in [0.1, 0.15) is 0 Å². The zero-order chi connectivity index (χ0) is 7.02. The molecule has 4 heteroatoms. The largest absolute Gasteiger partial charge is 0.390 e. The fraction of sp³-hybridized carbons (Fsp3) is 1.00. The summed E-state index contributed by atoms with van der Waals surface area (Å²) in [6.07, 6.45) is -1.16. The van der Waals surface area contributed by atoms with Gasteiger partial charge in [0.05, 0.1) is 12.2 Å². The van der Waals surface area contributed by atoms with Crippen LogP contribution in [0.5, 0.6) is 0 Å². The van der Waals surface area contributed by atoms with Gasteiger partial charge in [-0.3, -0.25) is 0 Å². The van der Waals surface area contributed by atoms with Gasteiger partial charge in [-0.25, -0.2) is 0 Å². The number of aliphatic hydroxyl groups excluding tert-OH is 2. The zero-order valence-electron chi connectivity index (χ0n) is 5.07. The number of hydrogen-bond acceptors (Lipinski definition) is 4. The molecule has 0 spiro atoms. The van der Waals surface area contributed by atoms with Crippen LogP contribution in [0.25, 0.3) is 0 Å². The summed E-state index contributed by atoms with van der Waals surface area (Å²) >= 11 is 0. The number of aliphatic hydroxyl groups is 2. The Morgan fingerprint density at radius 2 is 1.78 bits per heavy atom. The predicted octanol–water partition coefficient (Wildman–Crippen LogP) is -2.23. The van der Waals surface area contributed by atoms with Crippen LogP contribution in [-0.2, 0) is 0 Å². The van der Waals surface area contributed by atoms with Crippen molar-refractivity contribution in [2.45, 2.75) is 30.7 Å². The molecule has 0 bridgehead atoms. The van der Waals surface area contributed by atoms with Crippen LogP contribution in [0.3, 0.4) is 0 Å². The molecule has 0 aromatic carbocycles. The normalized spacial score (nSPS) is 52.0. The minimum Gasteiger partial charge on any atom is -0.390 e. The molecule has 0 saturated heterocycles. The Morgan fingerprint density at radius 3 is 1.89 bits per heavy atom. The molecule has 6 N–H and O–H groups in total. The number of rotatable bonds is 0. The summed E-state index contributed by atoms with van der Waals surface area (Å²) in [5.74, 6) is 0. The lowest BCUT2D eigenvalue weighted by molar-refractivity contribution is 0.0363. The van der Waals surface area contributed by atoms with E-state index in [1.165, 1.54) is 0 Å². The van der Waals surface area contributed by atoms with Gasteiger partial charge in [-0.15, -0.1) is 0 Å². The van der Waals surface area contributed by atoms with Gasteiger partial charge in [0.25, 0.3) is 0 Å². The first-order valence-electron chi connectivity index (χ1n) is 3.00. The Labute approximate surface area is 53.5 Å². The van der Waals surface area contributed by atoms with Gasteiger partial charge >= 0.3 is 0 Å². The lowest BCUT2D eigenvalue weighted by Gasteiger charge is -2.12. The third-order valence-corrected chi connectivity index (χ3v) is 1.80. The summed E-state index contributed by atoms with van der Waals surface area (Å²) in [5.41, 5.74) is 10.8. The van der Waals surface area contributed by atoms with Crippen LogP contribution in [0.1, 0.15) is 6.42 Å². The van der Waals surface area contributed by atoms with E-state index in [1.54, 1.807) is 0 Å². The molecule has 1 rings (SSSR count). The minimum absolute atomic E-state index is 0.255. The molecule has 0 amide bonds. The van der Waals surface area contributed by atoms with E-state index < -0.39 is 18.2 Å². The van der Waals surface area contributed by atoms with Gasteiger partial charge in [-0.1, -0.05) is 0 Å². The van der Waals surface area contributed by atoms with Crippen LogP contribution < -0.4 is 11.5 Å². The maximum Gasteiger partial charge on any atom is 0.0965 e. The number of nitrogens with two attached hydrogens (primary N) is 2. The van der Waals surface area contributed by atoms with Gasteiger partial charge in [0, 0.05) is 12.1 Å². The van der Waals surface area contributed by atoms with Crippen molar-refractivity contribution >= 4 is 0 Å². The van der Waals surface area contributed by atoms with Crippen LogP contribution in [0.4, 0.5) is 0 Å². The summed E-state index contributed by atoms with van der Waals surface area (Å²) in [6, 6.07) is -0.713. The first-order chi connectivity index (χ1) is 4.13. The topological polar surface area (TPSA) is 92.5 Å². The molecule has 0 aliphatic heterocycles. The molecule has 0 aromatic rings. The maximum atomic E-state index is 8.98. The van der Waals surface area contributed by atoms with Crippen LogP contribution in [0, 0.1) is 0 Å². The Balaban J connectivity index is 2.54. The Hall–Kier alpha value is -0.160. The molecule has 1 aliphatic carbocycles. The maximum absolute atomic E-state index is 8.98. The molecule has 0 unspecified atom stereocenters. The lowest BCUT2D eigenvalue weighted by atomic mass is 10.2. The van der Waals surface area contributed by atoms with Crippen molar-refractivity contribution in [1.29, 1.82) is 0 Å². The highest BCUT2D eigenvalue weighted by atomic mass is 16.3. The van der Waals surface area contributed by atoms with Gasteiger partial charge in [0.2, 0.25) is 0 Å². The van der Waals surface area contributed by atoms with E-state index in [2.05, 4.69) is 0 Å². The van der Waals surface area contributed by atoms with E-state index >= 15 is 0 Å². The molecule has 0 heterocycles. The van der Waals surface area contributed by atoms with E-state index in [1.807, 2.05) is 0 Å². The first kappa shape index (κ1) is 6.95. The zero-order valence-corrected chi connectivity index (χ0v) is 5.07. The minimum atomic E-state index is -0.833. The summed E-state index contributed by atoms with van der Waals surface area (Å²) in [5, 5.41) is 17.9. The molecule has 1 aliphatic rings. The molecule has 0 radical (unpaired) electrons. The highest BCUT2D eigenvalue weighted by molar-refractivity contribution is 4.96. The van der Waals surface area contributed by atoms with Crippen molar-refractivity contribution in [1.82, 2.24) is 0 Å². The molecule has 1 fully saturated rings. The predicted molar refractivity (Wildman–Crippen MR) is 32.6 cm³/mol. The monoisotopic (exact) mass is 132 g/mol. The third kappa shape index (κ3) is 1.07. The molecular weight excluding hydrogens is 120 g/mol. The van der Waals surface area contributed by atoms with Crippen LogP contribution in [0.15, 0.2) is 0 Å². The smallest absolute Gasteiger partial charge is 0.0965 e. The van der Waals surface area contributed by atoms with Crippen LogP contribution in [0.2, 0.25) is 0 Å². The Kier molecular flexibility index (Phi) is 1.72. The van der Waals surface area contributed by atoms with E-state index in [9.17, 15) is 0 Å². The van der Waals surface area contributed by atoms with Crippen molar-refractivity contribution in [3.05, 3.63) is 0 Å². The quantitative estimate of drug-likeness (QED) is 0.300. The SMILES string of the molecule is N[C@H]1[C@@H](O)[C@@H](O)C[C@@H]1N. The van der Waals surface area contributed by atoms with Crippen molar-refractivity contribution in [3.8, 4) is 0 Å². The van der Waals surface area contributed by atoms with Crippen LogP contribution in [-0.4, -0.2) is 34.5 Å². The Morgan fingerprint density at radius 1 is 1.22 bits per heavy atom. The number of hydrogen-bond donors (Lipinski definition) is 4. The first-order valence-corrected chi connectivity index (χ1v) is 3.00. The van der Waals surface area contributed by atoms with Crippen molar-refractivity contribution in [2.24, 2.45) is 11.5 Å². The van der Waals surface area contributed by atoms with E-state index in [0.717, 1.165) is 0 Å². The molecule has 9 heavy (non-hydrogen) atoms. The second kappa shape index (κ2) is 2.22. The highest BCUT2D eigenvalue weighted by Gasteiger charge is 2.36. The van der Waals surface area contributed by atoms with Crippen molar-refractivity contribution in [2.75, 3.05) is 0 Å². The molecule has 1 saturated carbocycles. The van der Waals surface area contributed by atoms with E-state index in [4.69, 9.17) is 21.7 Å². The van der Waals surface area contributed by atoms with Crippen molar-refractivity contribution in [3.63, 3.8) is 0 Å². The Bertz CT molecular complexity index is 97.1. The van der Waals surface area contributed by atoms with E-state index in [-0.39, 0.29) is 6.04 Å². The van der Waals surface area contributed by atoms with Crippen molar-refractivity contribution < 1.29 is 10.2 Å². The molecular formula is C5H12N2O2.